The van der Waals surface area contributed by atoms with Gasteiger partial charge in [-0.05, 0) is 108 Å². The predicted octanol–water partition coefficient (Wildman–Crippen LogP) is 9.75. The summed E-state index contributed by atoms with van der Waals surface area (Å²) in [5, 5.41) is 19.8. The summed E-state index contributed by atoms with van der Waals surface area (Å²) in [6, 6.07) is 35.3. The van der Waals surface area contributed by atoms with Crippen LogP contribution in [0.4, 0.5) is 26.2 Å². The number of amides is 4. The van der Waals surface area contributed by atoms with Gasteiger partial charge in [0.05, 0.1) is 28.5 Å². The number of nitriles is 1. The fraction of sp³-hybridized carbons (Fsp3) is 0.227. The van der Waals surface area contributed by atoms with Gasteiger partial charge in [-0.25, -0.2) is 19.4 Å². The molecule has 0 radical (unpaired) electrons. The van der Waals surface area contributed by atoms with Crippen LogP contribution in [0, 0.1) is 23.1 Å². The Balaban J connectivity index is 1.26. The van der Waals surface area contributed by atoms with Crippen LogP contribution in [0.1, 0.15) is 60.3 Å². The van der Waals surface area contributed by atoms with Gasteiger partial charge in [0.25, 0.3) is 5.91 Å². The summed E-state index contributed by atoms with van der Waals surface area (Å²) in [5.41, 5.74) is 5.50. The first kappa shape index (κ1) is 38.5. The molecule has 5 aromatic carbocycles. The zero-order chi connectivity index (χ0) is 39.3. The number of halogens is 3. The van der Waals surface area contributed by atoms with Crippen molar-refractivity contribution in [2.75, 3.05) is 22.6 Å². The minimum Gasteiger partial charge on any atom is -0.324 e. The number of benzene rings is 5. The Morgan fingerprint density at radius 3 is 2.18 bits per heavy atom. The summed E-state index contributed by atoms with van der Waals surface area (Å²) in [4.78, 5) is 41.5. The molecule has 0 spiro atoms. The van der Waals surface area contributed by atoms with Gasteiger partial charge in [-0.15, -0.1) is 0 Å². The van der Waals surface area contributed by atoms with Crippen LogP contribution < -0.4 is 21.4 Å². The molecule has 1 aliphatic heterocycles. The van der Waals surface area contributed by atoms with Crippen LogP contribution >= 0.6 is 23.2 Å². The van der Waals surface area contributed by atoms with Gasteiger partial charge in [0.15, 0.2) is 6.04 Å². The van der Waals surface area contributed by atoms with E-state index in [9.17, 15) is 19.6 Å². The molecule has 0 bridgehead atoms. The molecule has 284 valence electrons. The second kappa shape index (κ2) is 16.6. The van der Waals surface area contributed by atoms with E-state index in [1.165, 1.54) is 12.1 Å². The molecule has 2 fully saturated rings. The SMILES string of the molecule is N#Cc1cccc(C(CCC2CC2)(NC(=O)Nc2ccc(Cl)cc2)c2ccc(F)c(NC(=O)[C@H]3C[C@H](c4ccccc4)C[N+]3(C=O)Nc3ccc(Cl)cc3)c2)c1. The quantitative estimate of drug-likeness (QED) is 0.0699. The smallest absolute Gasteiger partial charge is 0.324 e. The average Bonchev–Trinajstić information content (AvgIpc) is 3.98. The number of urea groups is 1. The molecule has 1 heterocycles. The molecule has 5 aromatic rings. The third-order valence-corrected chi connectivity index (χ3v) is 11.3. The highest BCUT2D eigenvalue weighted by Gasteiger charge is 2.53. The van der Waals surface area contributed by atoms with E-state index < -0.39 is 33.9 Å². The standard InChI is InChI=1S/C44H39Cl2FN6O3/c45-35-12-16-37(17-13-35)49-43(56)51-44(22-21-29-9-10-29,33-8-4-5-30(23-33)26-48)34-11-20-39(47)40(25-34)50-42(55)41-24-32(31-6-2-1-3-7-31)27-53(41,28-54)52-38-18-14-36(46)15-19-38/h1-8,11-20,23,25,28-29,32,41,52H,9-10,21-22,24,27H2,(H2-,49,50,51,55,56)/p+1/t32-,41+,44?,53?/m0/s1. The van der Waals surface area contributed by atoms with E-state index in [1.54, 1.807) is 72.8 Å². The summed E-state index contributed by atoms with van der Waals surface area (Å²) in [5.74, 6) is -0.964. The molecular formula is C44H40Cl2FN6O3+. The van der Waals surface area contributed by atoms with Crippen molar-refractivity contribution < 1.29 is 23.4 Å². The third kappa shape index (κ3) is 8.56. The number of quaternary nitrogens is 1. The third-order valence-electron chi connectivity index (χ3n) is 10.8. The lowest BCUT2D eigenvalue weighted by Gasteiger charge is -2.37. The first-order chi connectivity index (χ1) is 27.1. The second-order valence-electron chi connectivity index (χ2n) is 14.5. The number of anilines is 3. The number of carbonyl (C=O) groups excluding carboxylic acids is 3. The summed E-state index contributed by atoms with van der Waals surface area (Å²) in [7, 11) is 0. The Labute approximate surface area is 335 Å². The van der Waals surface area contributed by atoms with E-state index in [0.717, 1.165) is 31.2 Å². The molecule has 56 heavy (non-hydrogen) atoms. The molecule has 1 saturated heterocycles. The van der Waals surface area contributed by atoms with Gasteiger partial charge in [-0.2, -0.15) is 9.85 Å². The minimum absolute atomic E-state index is 0.113. The van der Waals surface area contributed by atoms with Gasteiger partial charge >= 0.3 is 12.4 Å². The maximum absolute atomic E-state index is 16.0. The topological polar surface area (TPSA) is 123 Å². The highest BCUT2D eigenvalue weighted by atomic mass is 35.5. The van der Waals surface area contributed by atoms with Gasteiger partial charge in [0.2, 0.25) is 0 Å². The normalized spacial score (nSPS) is 19.9. The lowest BCUT2D eigenvalue weighted by Crippen LogP contribution is -2.59. The molecule has 9 nitrogen and oxygen atoms in total. The number of hydrogen-bond acceptors (Lipinski definition) is 5. The van der Waals surface area contributed by atoms with Crippen molar-refractivity contribution in [1.82, 2.24) is 5.32 Å². The van der Waals surface area contributed by atoms with Crippen molar-refractivity contribution in [3.05, 3.63) is 159 Å². The van der Waals surface area contributed by atoms with Crippen LogP contribution in [0.15, 0.2) is 121 Å². The molecule has 12 heteroatoms. The van der Waals surface area contributed by atoms with Gasteiger partial charge in [-0.3, -0.25) is 4.79 Å². The van der Waals surface area contributed by atoms with Crippen LogP contribution in [0.3, 0.4) is 0 Å². The van der Waals surface area contributed by atoms with Gasteiger partial charge in [-0.1, -0.05) is 84.6 Å². The first-order valence-corrected chi connectivity index (χ1v) is 19.2. The number of nitrogens with one attached hydrogen (secondary N) is 4. The number of hydrogen-bond donors (Lipinski definition) is 4. The number of carbonyl (C=O) groups is 3. The Morgan fingerprint density at radius 2 is 1.52 bits per heavy atom. The molecule has 4 atom stereocenters. The summed E-state index contributed by atoms with van der Waals surface area (Å²) in [6.45, 7) is 0.267. The van der Waals surface area contributed by atoms with Crippen molar-refractivity contribution in [3.63, 3.8) is 0 Å². The molecule has 0 aromatic heterocycles. The Hall–Kier alpha value is -5.73. The maximum atomic E-state index is 16.0. The molecule has 7 rings (SSSR count). The van der Waals surface area contributed by atoms with Crippen molar-refractivity contribution >= 4 is 58.6 Å². The number of likely N-dealkylation sites (tertiary alicyclic amines) is 1. The lowest BCUT2D eigenvalue weighted by atomic mass is 9.78. The monoisotopic (exact) mass is 789 g/mol. The largest absolute Gasteiger partial charge is 0.326 e. The van der Waals surface area contributed by atoms with Crippen LogP contribution in [0.25, 0.3) is 0 Å². The predicted molar refractivity (Wildman–Crippen MR) is 216 cm³/mol. The van der Waals surface area contributed by atoms with E-state index in [2.05, 4.69) is 27.4 Å². The Morgan fingerprint density at radius 1 is 0.839 bits per heavy atom. The average molecular weight is 791 g/mol. The van der Waals surface area contributed by atoms with Crippen molar-refractivity contribution in [2.24, 2.45) is 5.92 Å². The molecule has 2 unspecified atom stereocenters. The summed E-state index contributed by atoms with van der Waals surface area (Å²) >= 11 is 12.2. The molecule has 2 aliphatic rings. The summed E-state index contributed by atoms with van der Waals surface area (Å²) in [6.07, 6.45) is 4.31. The highest BCUT2D eigenvalue weighted by Crippen LogP contribution is 2.43. The summed E-state index contributed by atoms with van der Waals surface area (Å²) < 4.78 is 15.5. The van der Waals surface area contributed by atoms with Crippen molar-refractivity contribution in [3.8, 4) is 6.07 Å². The fourth-order valence-corrected chi connectivity index (χ4v) is 7.93. The van der Waals surface area contributed by atoms with Crippen LogP contribution in [-0.2, 0) is 15.1 Å². The molecule has 4 amide bonds. The van der Waals surface area contributed by atoms with E-state index >= 15 is 4.39 Å². The van der Waals surface area contributed by atoms with Crippen LogP contribution in [-0.4, -0.2) is 35.5 Å². The number of nitrogens with zero attached hydrogens (tertiary/aromatic N) is 2. The van der Waals surface area contributed by atoms with Crippen LogP contribution in [0.5, 0.6) is 0 Å². The lowest BCUT2D eigenvalue weighted by molar-refractivity contribution is -0.827. The van der Waals surface area contributed by atoms with Crippen molar-refractivity contribution in [1.29, 1.82) is 5.26 Å². The minimum atomic E-state index is -1.25. The molecule has 4 N–H and O–H groups in total. The zero-order valence-corrected chi connectivity index (χ0v) is 31.9. The second-order valence-corrected chi connectivity index (χ2v) is 15.4. The molecule has 1 aliphatic carbocycles. The van der Waals surface area contributed by atoms with E-state index in [1.807, 2.05) is 36.4 Å². The first-order valence-electron chi connectivity index (χ1n) is 18.5. The Kier molecular flexibility index (Phi) is 11.4. The fourth-order valence-electron chi connectivity index (χ4n) is 7.67. The van der Waals surface area contributed by atoms with E-state index in [-0.39, 0.29) is 18.2 Å². The van der Waals surface area contributed by atoms with Gasteiger partial charge in [0.1, 0.15) is 12.4 Å². The maximum Gasteiger partial charge on any atom is 0.326 e. The van der Waals surface area contributed by atoms with Gasteiger partial charge in [0, 0.05) is 28.1 Å². The van der Waals surface area contributed by atoms with Crippen molar-refractivity contribution in [2.45, 2.75) is 49.6 Å². The van der Waals surface area contributed by atoms with Gasteiger partial charge < -0.3 is 16.0 Å². The van der Waals surface area contributed by atoms with E-state index in [0.29, 0.717) is 56.9 Å². The van der Waals surface area contributed by atoms with Crippen LogP contribution in [0.2, 0.25) is 10.0 Å². The molecular weight excluding hydrogens is 750 g/mol. The Bertz CT molecular complexity index is 2270. The van der Waals surface area contributed by atoms with E-state index in [4.69, 9.17) is 23.2 Å². The zero-order valence-electron chi connectivity index (χ0n) is 30.4. The molecule has 1 saturated carbocycles. The highest BCUT2D eigenvalue weighted by molar-refractivity contribution is 6.31. The number of rotatable bonds is 13.